The summed E-state index contributed by atoms with van der Waals surface area (Å²) < 4.78 is 9.95. The van der Waals surface area contributed by atoms with Gasteiger partial charge in [0, 0.05) is 11.4 Å². The standard InChI is InChI=1S/2C8H12N2O2.2ClH/c2*1-5(11)12-8-3-2-6(9)4-7(8)10;;/h2*2-5,11H,9-10H2,1H3;2*1H. The monoisotopic (exact) mass is 408 g/mol. The van der Waals surface area contributed by atoms with Crippen LogP contribution >= 0.6 is 24.8 Å². The molecule has 0 spiro atoms. The fourth-order valence-corrected chi connectivity index (χ4v) is 1.72. The van der Waals surface area contributed by atoms with Crippen LogP contribution in [-0.2, 0) is 0 Å². The van der Waals surface area contributed by atoms with Crippen molar-refractivity contribution in [1.29, 1.82) is 0 Å². The van der Waals surface area contributed by atoms with Crippen LogP contribution < -0.4 is 32.4 Å². The Bertz CT molecular complexity index is 615. The van der Waals surface area contributed by atoms with Crippen molar-refractivity contribution in [2.75, 3.05) is 22.9 Å². The summed E-state index contributed by atoms with van der Waals surface area (Å²) in [6.45, 7) is 3.02. The predicted octanol–water partition coefficient (Wildman–Crippen LogP) is 1.98. The molecule has 0 bridgehead atoms. The first-order valence-electron chi connectivity index (χ1n) is 7.18. The van der Waals surface area contributed by atoms with Crippen LogP contribution in [0.25, 0.3) is 0 Å². The molecule has 2 atom stereocenters. The molecule has 8 nitrogen and oxygen atoms in total. The Kier molecular flexibility index (Phi) is 12.1. The Morgan fingerprint density at radius 3 is 1.23 bits per heavy atom. The summed E-state index contributed by atoms with van der Waals surface area (Å²) in [6.07, 6.45) is -1.73. The van der Waals surface area contributed by atoms with Gasteiger partial charge in [-0.25, -0.2) is 0 Å². The van der Waals surface area contributed by atoms with Crippen LogP contribution in [-0.4, -0.2) is 22.8 Å². The van der Waals surface area contributed by atoms with Gasteiger partial charge in [-0.3, -0.25) is 0 Å². The molecule has 0 aliphatic heterocycles. The minimum Gasteiger partial charge on any atom is -0.463 e. The van der Waals surface area contributed by atoms with Crippen molar-refractivity contribution in [3.8, 4) is 11.5 Å². The fraction of sp³-hybridized carbons (Fsp3) is 0.250. The molecule has 26 heavy (non-hydrogen) atoms. The van der Waals surface area contributed by atoms with E-state index in [1.807, 2.05) is 0 Å². The van der Waals surface area contributed by atoms with Crippen LogP contribution in [0.2, 0.25) is 0 Å². The van der Waals surface area contributed by atoms with Gasteiger partial charge in [0.2, 0.25) is 0 Å². The van der Waals surface area contributed by atoms with E-state index < -0.39 is 12.6 Å². The number of aliphatic hydroxyl groups excluding tert-OH is 2. The number of halogens is 2. The molecule has 0 fully saturated rings. The van der Waals surface area contributed by atoms with Crippen molar-refractivity contribution in [2.45, 2.75) is 26.4 Å². The summed E-state index contributed by atoms with van der Waals surface area (Å²) in [5.41, 5.74) is 24.0. The average molecular weight is 409 g/mol. The number of benzene rings is 2. The van der Waals surface area contributed by atoms with Crippen molar-refractivity contribution < 1.29 is 19.7 Å². The maximum absolute atomic E-state index is 8.89. The first-order chi connectivity index (χ1) is 11.2. The fourth-order valence-electron chi connectivity index (χ4n) is 1.72. The normalized spacial score (nSPS) is 11.5. The minimum absolute atomic E-state index is 0. The second-order valence-corrected chi connectivity index (χ2v) is 5.03. The maximum atomic E-state index is 8.89. The van der Waals surface area contributed by atoms with Gasteiger partial charge in [0.15, 0.2) is 12.6 Å². The highest BCUT2D eigenvalue weighted by Gasteiger charge is 2.03. The summed E-state index contributed by atoms with van der Waals surface area (Å²) in [5, 5.41) is 17.8. The number of hydrogen-bond donors (Lipinski definition) is 6. The van der Waals surface area contributed by atoms with Gasteiger partial charge >= 0.3 is 0 Å². The Morgan fingerprint density at radius 2 is 1.00 bits per heavy atom. The average Bonchev–Trinajstić information content (AvgIpc) is 2.45. The molecule has 0 aliphatic rings. The van der Waals surface area contributed by atoms with Gasteiger partial charge in [0.05, 0.1) is 11.4 Å². The number of rotatable bonds is 4. The van der Waals surface area contributed by atoms with E-state index in [2.05, 4.69) is 0 Å². The van der Waals surface area contributed by atoms with Gasteiger partial charge in [-0.05, 0) is 50.2 Å². The van der Waals surface area contributed by atoms with E-state index in [1.54, 1.807) is 36.4 Å². The first-order valence-corrected chi connectivity index (χ1v) is 7.18. The van der Waals surface area contributed by atoms with Crippen LogP contribution in [0.5, 0.6) is 11.5 Å². The Labute approximate surface area is 164 Å². The molecule has 10 N–H and O–H groups in total. The second-order valence-electron chi connectivity index (χ2n) is 5.03. The molecule has 0 saturated heterocycles. The second kappa shape index (κ2) is 12.2. The highest BCUT2D eigenvalue weighted by atomic mass is 35.5. The molecule has 0 amide bonds. The minimum atomic E-state index is -0.865. The number of aliphatic hydroxyl groups is 2. The van der Waals surface area contributed by atoms with Gasteiger partial charge in [-0.2, -0.15) is 0 Å². The number of ether oxygens (including phenoxy) is 2. The smallest absolute Gasteiger partial charge is 0.194 e. The van der Waals surface area contributed by atoms with E-state index in [9.17, 15) is 0 Å². The molecule has 0 saturated carbocycles. The van der Waals surface area contributed by atoms with E-state index in [0.717, 1.165) is 0 Å². The molecule has 2 aromatic rings. The van der Waals surface area contributed by atoms with Crippen LogP contribution in [0.3, 0.4) is 0 Å². The van der Waals surface area contributed by atoms with Crippen molar-refractivity contribution >= 4 is 47.6 Å². The molecule has 0 aromatic heterocycles. The molecular weight excluding hydrogens is 383 g/mol. The summed E-state index contributed by atoms with van der Waals surface area (Å²) >= 11 is 0. The van der Waals surface area contributed by atoms with E-state index in [-0.39, 0.29) is 24.8 Å². The zero-order valence-electron chi connectivity index (χ0n) is 14.5. The molecule has 2 unspecified atom stereocenters. The summed E-state index contributed by atoms with van der Waals surface area (Å²) in [4.78, 5) is 0. The van der Waals surface area contributed by atoms with Crippen LogP contribution in [0, 0.1) is 0 Å². The highest BCUT2D eigenvalue weighted by molar-refractivity contribution is 5.85. The summed E-state index contributed by atoms with van der Waals surface area (Å²) in [6, 6.07) is 9.73. The molecular formula is C16H26Cl2N4O4. The van der Waals surface area contributed by atoms with Gasteiger partial charge in [-0.1, -0.05) is 0 Å². The molecule has 2 aromatic carbocycles. The third-order valence-electron chi connectivity index (χ3n) is 2.66. The first kappa shape index (κ1) is 26.0. The number of hydrogen-bond acceptors (Lipinski definition) is 8. The molecule has 0 radical (unpaired) electrons. The molecule has 2 rings (SSSR count). The third kappa shape index (κ3) is 9.28. The lowest BCUT2D eigenvalue weighted by molar-refractivity contribution is -0.000280. The lowest BCUT2D eigenvalue weighted by Crippen LogP contribution is -2.10. The van der Waals surface area contributed by atoms with Gasteiger partial charge < -0.3 is 42.6 Å². The lowest BCUT2D eigenvalue weighted by atomic mass is 10.2. The maximum Gasteiger partial charge on any atom is 0.194 e. The predicted molar refractivity (Wildman–Crippen MR) is 110 cm³/mol. The Balaban J connectivity index is 0. The zero-order chi connectivity index (χ0) is 18.3. The van der Waals surface area contributed by atoms with Gasteiger partial charge in [-0.15, -0.1) is 24.8 Å². The van der Waals surface area contributed by atoms with E-state index in [0.29, 0.717) is 34.2 Å². The molecule has 0 aliphatic carbocycles. The summed E-state index contributed by atoms with van der Waals surface area (Å²) in [5.74, 6) is 0.887. The largest absolute Gasteiger partial charge is 0.463 e. The topological polar surface area (TPSA) is 163 Å². The lowest BCUT2D eigenvalue weighted by Gasteiger charge is -2.10. The SMILES string of the molecule is CC(O)Oc1ccc(N)cc1N.CC(O)Oc1ccc(N)cc1N.Cl.Cl. The van der Waals surface area contributed by atoms with Gasteiger partial charge in [0.25, 0.3) is 0 Å². The number of nitrogens with two attached hydrogens (primary N) is 4. The van der Waals surface area contributed by atoms with Crippen LogP contribution in [0.1, 0.15) is 13.8 Å². The van der Waals surface area contributed by atoms with Gasteiger partial charge in [0.1, 0.15) is 11.5 Å². The zero-order valence-corrected chi connectivity index (χ0v) is 16.1. The van der Waals surface area contributed by atoms with Crippen molar-refractivity contribution in [1.82, 2.24) is 0 Å². The Hall–Kier alpha value is -2.26. The van der Waals surface area contributed by atoms with Crippen molar-refractivity contribution in [3.05, 3.63) is 36.4 Å². The number of nitrogen functional groups attached to an aromatic ring is 4. The van der Waals surface area contributed by atoms with Crippen molar-refractivity contribution in [3.63, 3.8) is 0 Å². The quantitative estimate of drug-likeness (QED) is 0.330. The highest BCUT2D eigenvalue weighted by Crippen LogP contribution is 2.24. The molecule has 148 valence electrons. The van der Waals surface area contributed by atoms with Crippen LogP contribution in [0.15, 0.2) is 36.4 Å². The molecule has 0 heterocycles. The molecule has 10 heteroatoms. The number of anilines is 4. The third-order valence-corrected chi connectivity index (χ3v) is 2.66. The van der Waals surface area contributed by atoms with E-state index >= 15 is 0 Å². The van der Waals surface area contributed by atoms with E-state index in [4.69, 9.17) is 42.6 Å². The van der Waals surface area contributed by atoms with E-state index in [1.165, 1.54) is 13.8 Å². The Morgan fingerprint density at radius 1 is 0.692 bits per heavy atom. The summed E-state index contributed by atoms with van der Waals surface area (Å²) in [7, 11) is 0. The van der Waals surface area contributed by atoms with Crippen LogP contribution in [0.4, 0.5) is 22.7 Å². The van der Waals surface area contributed by atoms with Crippen molar-refractivity contribution in [2.24, 2.45) is 0 Å².